The molecule has 0 saturated carbocycles. The number of aliphatic carboxylic acids is 1. The Kier molecular flexibility index (Phi) is 6.53. The van der Waals surface area contributed by atoms with E-state index in [4.69, 9.17) is 9.90 Å². The number of thiophene rings is 1. The number of carbonyl (C=O) groups is 2. The minimum absolute atomic E-state index is 0.0373. The third kappa shape index (κ3) is 5.12. The lowest BCUT2D eigenvalue weighted by molar-refractivity contribution is -0.192. The van der Waals surface area contributed by atoms with Gasteiger partial charge in [0.05, 0.1) is 12.6 Å². The van der Waals surface area contributed by atoms with E-state index in [1.165, 1.54) is 10.4 Å². The molecule has 2 N–H and O–H groups in total. The van der Waals surface area contributed by atoms with Crippen molar-refractivity contribution in [3.63, 3.8) is 0 Å². The van der Waals surface area contributed by atoms with Crippen molar-refractivity contribution < 1.29 is 27.9 Å². The summed E-state index contributed by atoms with van der Waals surface area (Å²) in [5.74, 6) is -0.422. The van der Waals surface area contributed by atoms with Gasteiger partial charge in [-0.05, 0) is 23.4 Å². The fraction of sp³-hybridized carbons (Fsp3) is 0.571. The summed E-state index contributed by atoms with van der Waals surface area (Å²) in [4.78, 5) is 24.6. The first-order valence-electron chi connectivity index (χ1n) is 7.24. The number of carboxylic acid groups (broad SMARTS) is 1. The van der Waals surface area contributed by atoms with E-state index in [0.717, 1.165) is 37.6 Å². The standard InChI is InChI=1S/C12H16N2OS2.C2HF3O2/c15-12(10-8-16-6-3-13-10)14-4-1-9-2-5-17-11(9)7-14;3-2(4,5)1(6)7/h2,5,10,13H,1,3-4,6-8H2;(H,6,7). The van der Waals surface area contributed by atoms with Gasteiger partial charge in [0.25, 0.3) is 0 Å². The predicted molar refractivity (Wildman–Crippen MR) is 86.2 cm³/mol. The molecule has 1 unspecified atom stereocenters. The summed E-state index contributed by atoms with van der Waals surface area (Å²) in [5, 5.41) is 12.6. The van der Waals surface area contributed by atoms with Crippen LogP contribution in [0.3, 0.4) is 0 Å². The van der Waals surface area contributed by atoms with Crippen molar-refractivity contribution in [3.8, 4) is 0 Å². The predicted octanol–water partition coefficient (Wildman–Crippen LogP) is 1.97. The summed E-state index contributed by atoms with van der Waals surface area (Å²) in [5.41, 5.74) is 1.44. The molecular weight excluding hydrogens is 365 g/mol. The molecule has 1 fully saturated rings. The SMILES string of the molecule is O=C(C1CSCCN1)N1CCc2ccsc2C1.O=C(O)C(F)(F)F. The Morgan fingerprint density at radius 2 is 2.08 bits per heavy atom. The van der Waals surface area contributed by atoms with Gasteiger partial charge < -0.3 is 15.3 Å². The normalized spacial score (nSPS) is 20.6. The van der Waals surface area contributed by atoms with Gasteiger partial charge in [-0.2, -0.15) is 24.9 Å². The van der Waals surface area contributed by atoms with E-state index in [0.29, 0.717) is 0 Å². The highest BCUT2D eigenvalue weighted by Gasteiger charge is 2.38. The van der Waals surface area contributed by atoms with Gasteiger partial charge in [0.1, 0.15) is 0 Å². The fourth-order valence-electron chi connectivity index (χ4n) is 2.37. The molecule has 1 atom stereocenters. The maximum Gasteiger partial charge on any atom is 0.490 e. The second-order valence-corrected chi connectivity index (χ2v) is 7.41. The number of fused-ring (bicyclic) bond motifs is 1. The van der Waals surface area contributed by atoms with Crippen LogP contribution in [0.2, 0.25) is 0 Å². The number of amides is 1. The van der Waals surface area contributed by atoms with Crippen LogP contribution < -0.4 is 5.32 Å². The maximum absolute atomic E-state index is 12.3. The van der Waals surface area contributed by atoms with Gasteiger partial charge in [-0.3, -0.25) is 4.79 Å². The molecule has 0 bridgehead atoms. The number of hydrogen-bond donors (Lipinski definition) is 2. The molecule has 1 aromatic heterocycles. The molecule has 0 radical (unpaired) electrons. The molecule has 5 nitrogen and oxygen atoms in total. The first-order chi connectivity index (χ1) is 11.3. The summed E-state index contributed by atoms with van der Waals surface area (Å²) in [6, 6.07) is 2.23. The van der Waals surface area contributed by atoms with Crippen molar-refractivity contribution >= 4 is 35.0 Å². The summed E-state index contributed by atoms with van der Waals surface area (Å²) in [7, 11) is 0. The molecule has 24 heavy (non-hydrogen) atoms. The molecule has 1 aromatic rings. The van der Waals surface area contributed by atoms with Gasteiger partial charge in [-0.15, -0.1) is 11.3 Å². The summed E-state index contributed by atoms with van der Waals surface area (Å²) < 4.78 is 31.7. The van der Waals surface area contributed by atoms with Gasteiger partial charge in [-0.25, -0.2) is 4.79 Å². The lowest BCUT2D eigenvalue weighted by Crippen LogP contribution is -2.51. The average Bonchev–Trinajstić information content (AvgIpc) is 3.02. The number of hydrogen-bond acceptors (Lipinski definition) is 5. The molecular formula is C14H17F3N2O3S2. The van der Waals surface area contributed by atoms with Crippen LogP contribution in [0.25, 0.3) is 0 Å². The number of carbonyl (C=O) groups excluding carboxylic acids is 1. The van der Waals surface area contributed by atoms with E-state index in [1.807, 2.05) is 16.7 Å². The Morgan fingerprint density at radius 1 is 1.38 bits per heavy atom. The van der Waals surface area contributed by atoms with Crippen LogP contribution in [0.5, 0.6) is 0 Å². The van der Waals surface area contributed by atoms with Crippen molar-refractivity contribution in [3.05, 3.63) is 21.9 Å². The van der Waals surface area contributed by atoms with Crippen LogP contribution >= 0.6 is 23.1 Å². The van der Waals surface area contributed by atoms with Crippen LogP contribution in [0.4, 0.5) is 13.2 Å². The molecule has 0 aromatic carbocycles. The summed E-state index contributed by atoms with van der Waals surface area (Å²) in [6.45, 7) is 2.65. The zero-order valence-corrected chi connectivity index (χ0v) is 14.3. The van der Waals surface area contributed by atoms with Crippen molar-refractivity contribution in [2.45, 2.75) is 25.2 Å². The average molecular weight is 382 g/mol. The third-order valence-corrected chi connectivity index (χ3v) is 5.61. The lowest BCUT2D eigenvalue weighted by atomic mass is 10.1. The Balaban J connectivity index is 0.000000256. The Bertz CT molecular complexity index is 586. The van der Waals surface area contributed by atoms with Crippen LogP contribution in [0.15, 0.2) is 11.4 Å². The Morgan fingerprint density at radius 3 is 2.67 bits per heavy atom. The van der Waals surface area contributed by atoms with Crippen molar-refractivity contribution in [1.29, 1.82) is 0 Å². The fourth-order valence-corrected chi connectivity index (χ4v) is 4.24. The highest BCUT2D eigenvalue weighted by Crippen LogP contribution is 2.25. The van der Waals surface area contributed by atoms with E-state index in [1.54, 1.807) is 11.3 Å². The number of thioether (sulfide) groups is 1. The van der Waals surface area contributed by atoms with Gasteiger partial charge >= 0.3 is 12.1 Å². The van der Waals surface area contributed by atoms with Crippen LogP contribution in [-0.2, 0) is 22.6 Å². The number of carboxylic acids is 1. The Hall–Kier alpha value is -1.26. The van der Waals surface area contributed by atoms with Gasteiger partial charge in [0.2, 0.25) is 5.91 Å². The molecule has 0 spiro atoms. The van der Waals surface area contributed by atoms with E-state index in [-0.39, 0.29) is 11.9 Å². The van der Waals surface area contributed by atoms with Crippen molar-refractivity contribution in [1.82, 2.24) is 10.2 Å². The molecule has 2 aliphatic heterocycles. The topological polar surface area (TPSA) is 69.6 Å². The molecule has 2 aliphatic rings. The monoisotopic (exact) mass is 382 g/mol. The van der Waals surface area contributed by atoms with E-state index in [2.05, 4.69) is 16.8 Å². The van der Waals surface area contributed by atoms with E-state index < -0.39 is 12.1 Å². The van der Waals surface area contributed by atoms with Crippen LogP contribution in [0.1, 0.15) is 10.4 Å². The van der Waals surface area contributed by atoms with Gasteiger partial charge in [0, 0.05) is 29.5 Å². The first kappa shape index (κ1) is 19.1. The quantitative estimate of drug-likeness (QED) is 0.777. The zero-order chi connectivity index (χ0) is 17.7. The molecule has 1 saturated heterocycles. The minimum atomic E-state index is -5.08. The van der Waals surface area contributed by atoms with E-state index >= 15 is 0 Å². The van der Waals surface area contributed by atoms with Crippen LogP contribution in [0, 0.1) is 0 Å². The highest BCUT2D eigenvalue weighted by molar-refractivity contribution is 7.99. The smallest absolute Gasteiger partial charge is 0.475 e. The maximum atomic E-state index is 12.3. The molecule has 134 valence electrons. The second-order valence-electron chi connectivity index (χ2n) is 5.26. The number of rotatable bonds is 1. The largest absolute Gasteiger partial charge is 0.490 e. The Labute approximate surface area is 145 Å². The molecule has 3 heterocycles. The van der Waals surface area contributed by atoms with Gasteiger partial charge in [-0.1, -0.05) is 0 Å². The van der Waals surface area contributed by atoms with Gasteiger partial charge in [0.15, 0.2) is 0 Å². The number of nitrogens with one attached hydrogen (secondary N) is 1. The minimum Gasteiger partial charge on any atom is -0.475 e. The summed E-state index contributed by atoms with van der Waals surface area (Å²) in [6.07, 6.45) is -4.07. The lowest BCUT2D eigenvalue weighted by Gasteiger charge is -2.32. The first-order valence-corrected chi connectivity index (χ1v) is 9.27. The number of halogens is 3. The second kappa shape index (κ2) is 8.21. The number of alkyl halides is 3. The number of nitrogens with zero attached hydrogens (tertiary/aromatic N) is 1. The molecule has 10 heteroatoms. The zero-order valence-electron chi connectivity index (χ0n) is 12.6. The highest BCUT2D eigenvalue weighted by atomic mass is 32.2. The van der Waals surface area contributed by atoms with Crippen LogP contribution in [-0.4, -0.2) is 58.7 Å². The molecule has 1 amide bonds. The van der Waals surface area contributed by atoms with Crippen molar-refractivity contribution in [2.75, 3.05) is 24.6 Å². The summed E-state index contributed by atoms with van der Waals surface area (Å²) >= 11 is 3.65. The molecule has 3 rings (SSSR count). The molecule has 0 aliphatic carbocycles. The van der Waals surface area contributed by atoms with E-state index in [9.17, 15) is 18.0 Å². The van der Waals surface area contributed by atoms with Crippen molar-refractivity contribution in [2.24, 2.45) is 0 Å². The third-order valence-electron chi connectivity index (χ3n) is 3.60.